The molecule has 1 aromatic carbocycles. The molecule has 1 atom stereocenters. The summed E-state index contributed by atoms with van der Waals surface area (Å²) < 4.78 is 10.8. The van der Waals surface area contributed by atoms with Crippen LogP contribution in [-0.2, 0) is 4.79 Å². The van der Waals surface area contributed by atoms with Crippen molar-refractivity contribution in [2.45, 2.75) is 12.5 Å². The Morgan fingerprint density at radius 1 is 1.27 bits per heavy atom. The van der Waals surface area contributed by atoms with E-state index in [9.17, 15) is 4.79 Å². The van der Waals surface area contributed by atoms with Crippen molar-refractivity contribution in [2.75, 3.05) is 26.8 Å². The van der Waals surface area contributed by atoms with Crippen molar-refractivity contribution < 1.29 is 14.3 Å². The van der Waals surface area contributed by atoms with Gasteiger partial charge in [-0.05, 0) is 18.6 Å². The molecule has 2 heterocycles. The molecule has 1 aliphatic rings. The van der Waals surface area contributed by atoms with Gasteiger partial charge in [0.1, 0.15) is 0 Å². The van der Waals surface area contributed by atoms with Crippen molar-refractivity contribution >= 4 is 5.91 Å². The van der Waals surface area contributed by atoms with Crippen molar-refractivity contribution in [1.82, 2.24) is 19.9 Å². The molecule has 0 radical (unpaired) electrons. The molecule has 2 aromatic rings. The molecule has 7 heteroatoms. The first kappa shape index (κ1) is 14.4. The molecule has 3 rings (SSSR count). The molecule has 1 unspecified atom stereocenters. The Morgan fingerprint density at radius 3 is 2.73 bits per heavy atom. The summed E-state index contributed by atoms with van der Waals surface area (Å²) in [6.45, 7) is 1.31. The maximum absolute atomic E-state index is 12.2. The molecule has 0 aliphatic carbocycles. The molecule has 1 fully saturated rings. The average molecular weight is 302 g/mol. The van der Waals surface area contributed by atoms with E-state index >= 15 is 0 Å². The second-order valence-corrected chi connectivity index (χ2v) is 5.07. The maximum Gasteiger partial charge on any atom is 0.260 e. The number of hydrogen-bond acceptors (Lipinski definition) is 5. The van der Waals surface area contributed by atoms with E-state index in [0.717, 1.165) is 6.42 Å². The van der Waals surface area contributed by atoms with Crippen molar-refractivity contribution in [2.24, 2.45) is 0 Å². The molecule has 7 nitrogen and oxygen atoms in total. The Morgan fingerprint density at radius 2 is 2.00 bits per heavy atom. The lowest BCUT2D eigenvalue weighted by atomic mass is 10.3. The van der Waals surface area contributed by atoms with Crippen LogP contribution < -0.4 is 9.47 Å². The number of rotatable bonds is 5. The van der Waals surface area contributed by atoms with E-state index in [1.807, 2.05) is 12.1 Å². The van der Waals surface area contributed by atoms with E-state index in [0.29, 0.717) is 24.6 Å². The standard InChI is InChI=1S/C15H18N4O3/c1-21-13-4-2-3-5-14(13)22-11-15(20)18-9-6-12(10-18)19-16-7-8-17-19/h2-5,7-8,12H,6,9-11H2,1H3. The number of aromatic nitrogens is 3. The Labute approximate surface area is 128 Å². The van der Waals surface area contributed by atoms with Crippen LogP contribution in [0.3, 0.4) is 0 Å². The van der Waals surface area contributed by atoms with E-state index in [1.165, 1.54) is 0 Å². The van der Waals surface area contributed by atoms with E-state index in [2.05, 4.69) is 10.2 Å². The summed E-state index contributed by atoms with van der Waals surface area (Å²) in [5.74, 6) is 1.15. The van der Waals surface area contributed by atoms with Crippen LogP contribution in [0.2, 0.25) is 0 Å². The van der Waals surface area contributed by atoms with Gasteiger partial charge in [-0.1, -0.05) is 12.1 Å². The number of carbonyl (C=O) groups is 1. The molecular weight excluding hydrogens is 284 g/mol. The third-order valence-electron chi connectivity index (χ3n) is 3.70. The number of likely N-dealkylation sites (tertiary alicyclic amines) is 1. The van der Waals surface area contributed by atoms with Crippen LogP contribution in [0.25, 0.3) is 0 Å². The number of para-hydroxylation sites is 2. The highest BCUT2D eigenvalue weighted by atomic mass is 16.5. The summed E-state index contributed by atoms with van der Waals surface area (Å²) in [4.78, 5) is 15.7. The van der Waals surface area contributed by atoms with Crippen molar-refractivity contribution in [1.29, 1.82) is 0 Å². The van der Waals surface area contributed by atoms with Gasteiger partial charge in [0.2, 0.25) is 0 Å². The highest BCUT2D eigenvalue weighted by Crippen LogP contribution is 2.26. The van der Waals surface area contributed by atoms with E-state index in [4.69, 9.17) is 9.47 Å². The van der Waals surface area contributed by atoms with Gasteiger partial charge in [-0.3, -0.25) is 4.79 Å². The lowest BCUT2D eigenvalue weighted by molar-refractivity contribution is -0.132. The van der Waals surface area contributed by atoms with Crippen LogP contribution in [0.15, 0.2) is 36.7 Å². The second kappa shape index (κ2) is 6.46. The minimum absolute atomic E-state index is 0.000368. The predicted molar refractivity (Wildman–Crippen MR) is 78.7 cm³/mol. The van der Waals surface area contributed by atoms with Gasteiger partial charge in [0.05, 0.1) is 25.5 Å². The molecule has 1 amide bonds. The molecule has 22 heavy (non-hydrogen) atoms. The minimum Gasteiger partial charge on any atom is -0.493 e. The van der Waals surface area contributed by atoms with Crippen LogP contribution >= 0.6 is 0 Å². The van der Waals surface area contributed by atoms with Crippen LogP contribution in [0, 0.1) is 0 Å². The van der Waals surface area contributed by atoms with Crippen LogP contribution in [0.1, 0.15) is 12.5 Å². The number of hydrogen-bond donors (Lipinski definition) is 0. The van der Waals surface area contributed by atoms with Gasteiger partial charge < -0.3 is 14.4 Å². The molecule has 1 saturated heterocycles. The first-order valence-electron chi connectivity index (χ1n) is 7.17. The van der Waals surface area contributed by atoms with Gasteiger partial charge in [-0.2, -0.15) is 15.0 Å². The predicted octanol–water partition coefficient (Wildman–Crippen LogP) is 1.14. The fourth-order valence-electron chi connectivity index (χ4n) is 2.54. The fourth-order valence-corrected chi connectivity index (χ4v) is 2.54. The third-order valence-corrected chi connectivity index (χ3v) is 3.70. The van der Waals surface area contributed by atoms with Crippen LogP contribution in [-0.4, -0.2) is 52.6 Å². The van der Waals surface area contributed by atoms with Gasteiger partial charge >= 0.3 is 0 Å². The Balaban J connectivity index is 1.55. The number of nitrogens with zero attached hydrogens (tertiary/aromatic N) is 4. The lowest BCUT2D eigenvalue weighted by Crippen LogP contribution is -2.33. The minimum atomic E-state index is -0.0411. The highest BCUT2D eigenvalue weighted by Gasteiger charge is 2.28. The molecule has 1 aromatic heterocycles. The Hall–Kier alpha value is -2.57. The molecule has 0 saturated carbocycles. The van der Waals surface area contributed by atoms with Gasteiger partial charge in [0.25, 0.3) is 5.91 Å². The van der Waals surface area contributed by atoms with Crippen molar-refractivity contribution in [3.8, 4) is 11.5 Å². The third kappa shape index (κ3) is 3.03. The number of amides is 1. The molecule has 0 bridgehead atoms. The van der Waals surface area contributed by atoms with E-state index in [-0.39, 0.29) is 18.6 Å². The van der Waals surface area contributed by atoms with E-state index < -0.39 is 0 Å². The van der Waals surface area contributed by atoms with Crippen LogP contribution in [0.5, 0.6) is 11.5 Å². The lowest BCUT2D eigenvalue weighted by Gasteiger charge is -2.17. The first-order valence-corrected chi connectivity index (χ1v) is 7.17. The van der Waals surface area contributed by atoms with Gasteiger partial charge in [0.15, 0.2) is 18.1 Å². The molecule has 1 aliphatic heterocycles. The largest absolute Gasteiger partial charge is 0.493 e. The van der Waals surface area contributed by atoms with Crippen LogP contribution in [0.4, 0.5) is 0 Å². The molecular formula is C15H18N4O3. The molecule has 116 valence electrons. The van der Waals surface area contributed by atoms with Gasteiger partial charge in [0, 0.05) is 13.1 Å². The van der Waals surface area contributed by atoms with Gasteiger partial charge in [-0.15, -0.1) is 0 Å². The summed E-state index contributed by atoms with van der Waals surface area (Å²) in [5, 5.41) is 8.26. The zero-order valence-corrected chi connectivity index (χ0v) is 12.4. The number of methoxy groups -OCH3 is 1. The fraction of sp³-hybridized carbons (Fsp3) is 0.400. The van der Waals surface area contributed by atoms with Crippen molar-refractivity contribution in [3.63, 3.8) is 0 Å². The second-order valence-electron chi connectivity index (χ2n) is 5.07. The highest BCUT2D eigenvalue weighted by molar-refractivity contribution is 5.78. The molecule has 0 spiro atoms. The number of ether oxygens (including phenoxy) is 2. The van der Waals surface area contributed by atoms with Crippen molar-refractivity contribution in [3.05, 3.63) is 36.7 Å². The number of benzene rings is 1. The summed E-state index contributed by atoms with van der Waals surface area (Å²) in [6, 6.07) is 7.43. The summed E-state index contributed by atoms with van der Waals surface area (Å²) in [5.41, 5.74) is 0. The quantitative estimate of drug-likeness (QED) is 0.828. The summed E-state index contributed by atoms with van der Waals surface area (Å²) >= 11 is 0. The Kier molecular flexibility index (Phi) is 4.22. The van der Waals surface area contributed by atoms with E-state index in [1.54, 1.807) is 41.3 Å². The zero-order valence-electron chi connectivity index (χ0n) is 12.4. The monoisotopic (exact) mass is 302 g/mol. The molecule has 0 N–H and O–H groups in total. The van der Waals surface area contributed by atoms with Gasteiger partial charge in [-0.25, -0.2) is 0 Å². The SMILES string of the molecule is COc1ccccc1OCC(=O)N1CCC(n2nccn2)C1. The zero-order chi connectivity index (χ0) is 15.4. The summed E-state index contributed by atoms with van der Waals surface area (Å²) in [7, 11) is 1.58. The first-order chi connectivity index (χ1) is 10.8. The maximum atomic E-state index is 12.2. The normalized spacial score (nSPS) is 17.5. The Bertz CT molecular complexity index is 629. The number of carbonyl (C=O) groups excluding carboxylic acids is 1. The topological polar surface area (TPSA) is 69.5 Å². The average Bonchev–Trinajstić information content (AvgIpc) is 3.23. The smallest absolute Gasteiger partial charge is 0.260 e. The summed E-state index contributed by atoms with van der Waals surface area (Å²) in [6.07, 6.45) is 4.15.